The zero-order valence-electron chi connectivity index (χ0n) is 25.5. The molecule has 0 bridgehead atoms. The number of benzene rings is 2. The number of amides is 1. The number of carbonyl (C=O) groups is 1. The van der Waals surface area contributed by atoms with E-state index in [0.29, 0.717) is 17.5 Å². The van der Waals surface area contributed by atoms with E-state index in [1.807, 2.05) is 18.2 Å². The molecule has 3 saturated heterocycles. The lowest BCUT2D eigenvalue weighted by atomic mass is 9.57. The van der Waals surface area contributed by atoms with E-state index >= 15 is 0 Å². The van der Waals surface area contributed by atoms with Gasteiger partial charge in [-0.15, -0.1) is 0 Å². The first-order valence-electron chi connectivity index (χ1n) is 16.3. The molecule has 3 aliphatic heterocycles. The largest absolute Gasteiger partial charge is 0.453 e. The molecule has 4 aliphatic rings. The number of rotatable bonds is 8. The summed E-state index contributed by atoms with van der Waals surface area (Å²) >= 11 is 0. The van der Waals surface area contributed by atoms with E-state index in [9.17, 15) is 9.18 Å². The minimum absolute atomic E-state index is 0.0292. The zero-order chi connectivity index (χ0) is 29.8. The normalized spacial score (nSPS) is 25.5. The van der Waals surface area contributed by atoms with Gasteiger partial charge in [0.2, 0.25) is 0 Å². The second kappa shape index (κ2) is 13.2. The van der Waals surface area contributed by atoms with Gasteiger partial charge in [0.15, 0.2) is 0 Å². The number of anilines is 1. The van der Waals surface area contributed by atoms with Crippen molar-refractivity contribution < 1.29 is 13.9 Å². The van der Waals surface area contributed by atoms with Gasteiger partial charge in [0.05, 0.1) is 18.7 Å². The number of methoxy groups -OCH3 is 1. The van der Waals surface area contributed by atoms with Crippen molar-refractivity contribution in [3.63, 3.8) is 0 Å². The molecule has 1 aliphatic carbocycles. The summed E-state index contributed by atoms with van der Waals surface area (Å²) in [6.07, 6.45) is 8.34. The minimum Gasteiger partial charge on any atom is -0.453 e. The predicted molar refractivity (Wildman–Crippen MR) is 166 cm³/mol. The van der Waals surface area contributed by atoms with Crippen LogP contribution in [0.25, 0.3) is 0 Å². The molecular formula is C35H46FN5O2. The third-order valence-corrected chi connectivity index (χ3v) is 11.1. The van der Waals surface area contributed by atoms with E-state index in [-0.39, 0.29) is 29.3 Å². The summed E-state index contributed by atoms with van der Waals surface area (Å²) in [4.78, 5) is 20.1. The Hall–Kier alpha value is -3.15. The molecule has 3 atom stereocenters. The molecule has 0 radical (unpaired) electrons. The zero-order valence-corrected chi connectivity index (χ0v) is 25.5. The van der Waals surface area contributed by atoms with Crippen LogP contribution in [0.5, 0.6) is 0 Å². The first-order valence-corrected chi connectivity index (χ1v) is 16.3. The van der Waals surface area contributed by atoms with E-state index < -0.39 is 0 Å². The summed E-state index contributed by atoms with van der Waals surface area (Å²) in [7, 11) is 1.43. The Morgan fingerprint density at radius 2 is 1.72 bits per heavy atom. The highest BCUT2D eigenvalue weighted by Gasteiger charge is 2.53. The summed E-state index contributed by atoms with van der Waals surface area (Å²) in [5.74, 6) is 0.476. The third-order valence-electron chi connectivity index (χ3n) is 11.1. The maximum Gasteiger partial charge on any atom is 0.407 e. The molecule has 1 amide bonds. The fourth-order valence-corrected chi connectivity index (χ4v) is 8.75. The number of nitriles is 1. The fourth-order valence-electron chi connectivity index (χ4n) is 8.75. The van der Waals surface area contributed by atoms with E-state index in [1.165, 1.54) is 19.2 Å². The average molecular weight is 588 g/mol. The van der Waals surface area contributed by atoms with Gasteiger partial charge in [-0.05, 0) is 125 Å². The third kappa shape index (κ3) is 6.25. The van der Waals surface area contributed by atoms with Crippen molar-refractivity contribution in [2.45, 2.75) is 68.9 Å². The number of nitrogens with one attached hydrogen (secondary N) is 1. The Bertz CT molecular complexity index is 1280. The SMILES string of the molecule is COC(=O)N[C@H]1CCC[C@@H]1C(CN1CCC1)(c1cccc(F)c1)C1CCN(C2CCN(c3ccc(C#N)cc3)CC2)CC1. The van der Waals surface area contributed by atoms with Crippen molar-refractivity contribution in [3.05, 3.63) is 65.5 Å². The van der Waals surface area contributed by atoms with Gasteiger partial charge < -0.3 is 24.8 Å². The van der Waals surface area contributed by atoms with E-state index in [0.717, 1.165) is 96.3 Å². The Labute approximate surface area is 256 Å². The monoisotopic (exact) mass is 587 g/mol. The topological polar surface area (TPSA) is 71.8 Å². The van der Waals surface area contributed by atoms with Crippen molar-refractivity contribution in [2.75, 3.05) is 57.8 Å². The van der Waals surface area contributed by atoms with Crippen molar-refractivity contribution in [3.8, 4) is 6.07 Å². The lowest BCUT2D eigenvalue weighted by Crippen LogP contribution is -2.60. The first kappa shape index (κ1) is 29.9. The van der Waals surface area contributed by atoms with Crippen LogP contribution in [-0.2, 0) is 10.2 Å². The molecular weight excluding hydrogens is 541 g/mol. The Kier molecular flexibility index (Phi) is 9.20. The number of alkyl carbamates (subject to hydrolysis) is 1. The maximum atomic E-state index is 14.9. The lowest BCUT2D eigenvalue weighted by Gasteiger charge is -2.54. The van der Waals surface area contributed by atoms with Crippen LogP contribution in [0, 0.1) is 29.0 Å². The molecule has 0 aromatic heterocycles. The van der Waals surface area contributed by atoms with Gasteiger partial charge in [0, 0.05) is 42.8 Å². The van der Waals surface area contributed by atoms with Crippen molar-refractivity contribution in [1.82, 2.24) is 15.1 Å². The number of piperidine rings is 2. The first-order chi connectivity index (χ1) is 21.0. The second-order valence-corrected chi connectivity index (χ2v) is 13.1. The molecule has 6 rings (SSSR count). The molecule has 2 aromatic carbocycles. The van der Waals surface area contributed by atoms with Gasteiger partial charge in [-0.1, -0.05) is 18.6 Å². The Balaban J connectivity index is 1.20. The molecule has 0 spiro atoms. The molecule has 1 unspecified atom stereocenters. The van der Waals surface area contributed by atoms with Crippen LogP contribution in [0.15, 0.2) is 48.5 Å². The number of nitrogens with zero attached hydrogens (tertiary/aromatic N) is 4. The summed E-state index contributed by atoms with van der Waals surface area (Å²) < 4.78 is 20.0. The van der Waals surface area contributed by atoms with Crippen LogP contribution >= 0.6 is 0 Å². The summed E-state index contributed by atoms with van der Waals surface area (Å²) in [6, 6.07) is 18.2. The van der Waals surface area contributed by atoms with Crippen LogP contribution in [0.4, 0.5) is 14.9 Å². The van der Waals surface area contributed by atoms with Crippen molar-refractivity contribution in [2.24, 2.45) is 11.8 Å². The van der Waals surface area contributed by atoms with Gasteiger partial charge in [-0.25, -0.2) is 9.18 Å². The number of ether oxygens (including phenoxy) is 1. The summed E-state index contributed by atoms with van der Waals surface area (Å²) in [5.41, 5.74) is 2.79. The lowest BCUT2D eigenvalue weighted by molar-refractivity contribution is 0.0151. The predicted octanol–water partition coefficient (Wildman–Crippen LogP) is 5.55. The van der Waals surface area contributed by atoms with Crippen LogP contribution in [0.2, 0.25) is 0 Å². The van der Waals surface area contributed by atoms with Crippen LogP contribution in [0.1, 0.15) is 62.5 Å². The van der Waals surface area contributed by atoms with E-state index in [4.69, 9.17) is 10.00 Å². The van der Waals surface area contributed by atoms with E-state index in [2.05, 4.69) is 44.3 Å². The smallest absolute Gasteiger partial charge is 0.407 e. The number of hydrogen-bond donors (Lipinski definition) is 1. The molecule has 1 saturated carbocycles. The molecule has 43 heavy (non-hydrogen) atoms. The van der Waals surface area contributed by atoms with Crippen LogP contribution in [-0.4, -0.2) is 80.9 Å². The van der Waals surface area contributed by atoms with Crippen molar-refractivity contribution >= 4 is 11.8 Å². The van der Waals surface area contributed by atoms with Crippen molar-refractivity contribution in [1.29, 1.82) is 5.26 Å². The fraction of sp³-hybridized carbons (Fsp3) is 0.600. The summed E-state index contributed by atoms with van der Waals surface area (Å²) in [5, 5.41) is 12.3. The van der Waals surface area contributed by atoms with Crippen LogP contribution in [0.3, 0.4) is 0 Å². The van der Waals surface area contributed by atoms with Gasteiger partial charge >= 0.3 is 6.09 Å². The standard InChI is InChI=1S/C35H46FN5O2/c1-43-34(42)38-33-8-3-7-32(33)35(25-39-17-4-18-39,28-5-2-6-29(36)23-28)27-13-19-40(20-14-27)31-15-21-41(22-16-31)30-11-9-26(24-37)10-12-30/h2,5-6,9-12,23,27,31-33H,3-4,7-8,13-22,25H2,1H3,(H,38,42)/t32-,33-,35?/m0/s1. The molecule has 4 fully saturated rings. The molecule has 2 aromatic rings. The highest BCUT2D eigenvalue weighted by molar-refractivity contribution is 5.67. The number of carbonyl (C=O) groups excluding carboxylic acids is 1. The average Bonchev–Trinajstić information content (AvgIpc) is 3.49. The number of halogens is 1. The molecule has 8 heteroatoms. The quantitative estimate of drug-likeness (QED) is 0.437. The van der Waals surface area contributed by atoms with E-state index in [1.54, 1.807) is 12.1 Å². The van der Waals surface area contributed by atoms with Gasteiger partial charge in [0.25, 0.3) is 0 Å². The molecule has 7 nitrogen and oxygen atoms in total. The molecule has 230 valence electrons. The highest BCUT2D eigenvalue weighted by atomic mass is 19.1. The van der Waals surface area contributed by atoms with Gasteiger partial charge in [-0.3, -0.25) is 0 Å². The molecule has 1 N–H and O–H groups in total. The number of likely N-dealkylation sites (tertiary alicyclic amines) is 2. The Morgan fingerprint density at radius 1 is 0.977 bits per heavy atom. The highest BCUT2D eigenvalue weighted by Crippen LogP contribution is 2.51. The second-order valence-electron chi connectivity index (χ2n) is 13.1. The Morgan fingerprint density at radius 3 is 2.35 bits per heavy atom. The summed E-state index contributed by atoms with van der Waals surface area (Å²) in [6.45, 7) is 7.29. The molecule has 3 heterocycles. The number of hydrogen-bond acceptors (Lipinski definition) is 6. The minimum atomic E-state index is -0.365. The van der Waals surface area contributed by atoms with Gasteiger partial charge in [-0.2, -0.15) is 5.26 Å². The van der Waals surface area contributed by atoms with Gasteiger partial charge in [0.1, 0.15) is 5.82 Å². The van der Waals surface area contributed by atoms with Crippen LogP contribution < -0.4 is 10.2 Å². The maximum absolute atomic E-state index is 14.9.